The van der Waals surface area contributed by atoms with Gasteiger partial charge >= 0.3 is 0 Å². The SMILES string of the molecule is CC1CC(CN)CN1C(=O)c1ccccc1Oc1cccc(Br)c1. The molecule has 1 aliphatic heterocycles. The lowest BCUT2D eigenvalue weighted by atomic mass is 10.1. The number of para-hydroxylation sites is 1. The van der Waals surface area contributed by atoms with E-state index < -0.39 is 0 Å². The fourth-order valence-corrected chi connectivity index (χ4v) is 3.52. The van der Waals surface area contributed by atoms with Gasteiger partial charge in [-0.1, -0.05) is 34.1 Å². The molecule has 2 aromatic carbocycles. The molecule has 4 nitrogen and oxygen atoms in total. The van der Waals surface area contributed by atoms with Gasteiger partial charge in [0.2, 0.25) is 0 Å². The molecule has 1 amide bonds. The lowest BCUT2D eigenvalue weighted by Crippen LogP contribution is -2.34. The second-order valence-electron chi connectivity index (χ2n) is 6.20. The van der Waals surface area contributed by atoms with E-state index in [1.54, 1.807) is 0 Å². The van der Waals surface area contributed by atoms with Crippen molar-refractivity contribution < 1.29 is 9.53 Å². The van der Waals surface area contributed by atoms with Crippen LogP contribution in [0.25, 0.3) is 0 Å². The molecule has 24 heavy (non-hydrogen) atoms. The number of hydrogen-bond donors (Lipinski definition) is 1. The summed E-state index contributed by atoms with van der Waals surface area (Å²) in [6.45, 7) is 3.40. The molecule has 3 rings (SSSR count). The molecule has 1 saturated heterocycles. The average molecular weight is 389 g/mol. The first kappa shape index (κ1) is 17.0. The highest BCUT2D eigenvalue weighted by Gasteiger charge is 2.33. The Kier molecular flexibility index (Phi) is 5.21. The molecule has 5 heteroatoms. The lowest BCUT2D eigenvalue weighted by molar-refractivity contribution is 0.0741. The third-order valence-electron chi connectivity index (χ3n) is 4.40. The van der Waals surface area contributed by atoms with E-state index in [2.05, 4.69) is 22.9 Å². The summed E-state index contributed by atoms with van der Waals surface area (Å²) in [6, 6.07) is 15.2. The minimum Gasteiger partial charge on any atom is -0.456 e. The number of ether oxygens (including phenoxy) is 1. The molecule has 2 aromatic rings. The van der Waals surface area contributed by atoms with Crippen LogP contribution in [0.4, 0.5) is 0 Å². The number of rotatable bonds is 4. The largest absolute Gasteiger partial charge is 0.456 e. The molecular weight excluding hydrogens is 368 g/mol. The summed E-state index contributed by atoms with van der Waals surface area (Å²) in [5, 5.41) is 0. The molecule has 0 aromatic heterocycles. The Morgan fingerprint density at radius 2 is 2.08 bits per heavy atom. The number of halogens is 1. The molecule has 1 aliphatic rings. The third-order valence-corrected chi connectivity index (χ3v) is 4.89. The van der Waals surface area contributed by atoms with Crippen molar-refractivity contribution in [3.8, 4) is 11.5 Å². The van der Waals surface area contributed by atoms with Crippen molar-refractivity contribution in [2.45, 2.75) is 19.4 Å². The highest BCUT2D eigenvalue weighted by molar-refractivity contribution is 9.10. The van der Waals surface area contributed by atoms with Crippen LogP contribution in [-0.2, 0) is 0 Å². The smallest absolute Gasteiger partial charge is 0.257 e. The van der Waals surface area contributed by atoms with Crippen LogP contribution in [0.5, 0.6) is 11.5 Å². The molecule has 0 aliphatic carbocycles. The number of nitrogens with two attached hydrogens (primary N) is 1. The number of hydrogen-bond acceptors (Lipinski definition) is 3. The third kappa shape index (κ3) is 3.62. The Balaban J connectivity index is 1.85. The van der Waals surface area contributed by atoms with Gasteiger partial charge in [-0.15, -0.1) is 0 Å². The lowest BCUT2D eigenvalue weighted by Gasteiger charge is -2.23. The maximum Gasteiger partial charge on any atom is 0.257 e. The first-order valence-electron chi connectivity index (χ1n) is 8.12. The number of carbonyl (C=O) groups is 1. The number of amides is 1. The molecule has 0 spiro atoms. The van der Waals surface area contributed by atoms with Crippen LogP contribution in [0.15, 0.2) is 53.0 Å². The van der Waals surface area contributed by atoms with Crippen molar-refractivity contribution in [3.63, 3.8) is 0 Å². The normalized spacial score (nSPS) is 20.2. The van der Waals surface area contributed by atoms with Gasteiger partial charge in [0.15, 0.2) is 0 Å². The predicted molar refractivity (Wildman–Crippen MR) is 98.3 cm³/mol. The van der Waals surface area contributed by atoms with E-state index >= 15 is 0 Å². The van der Waals surface area contributed by atoms with Crippen molar-refractivity contribution in [2.24, 2.45) is 11.7 Å². The molecule has 2 unspecified atom stereocenters. The van der Waals surface area contributed by atoms with Crippen molar-refractivity contribution in [2.75, 3.05) is 13.1 Å². The van der Waals surface area contributed by atoms with Crippen LogP contribution in [-0.4, -0.2) is 29.9 Å². The topological polar surface area (TPSA) is 55.6 Å². The first-order chi connectivity index (χ1) is 11.6. The second kappa shape index (κ2) is 7.36. The molecule has 0 radical (unpaired) electrons. The molecule has 0 bridgehead atoms. The van der Waals surface area contributed by atoms with Gasteiger partial charge in [0.1, 0.15) is 11.5 Å². The highest BCUT2D eigenvalue weighted by atomic mass is 79.9. The Bertz CT molecular complexity index is 735. The first-order valence-corrected chi connectivity index (χ1v) is 8.91. The Labute approximate surface area is 150 Å². The van der Waals surface area contributed by atoms with E-state index in [0.29, 0.717) is 36.1 Å². The summed E-state index contributed by atoms with van der Waals surface area (Å²) >= 11 is 3.43. The standard InChI is InChI=1S/C19H21BrN2O2/c1-13-9-14(11-21)12-22(13)19(23)17-7-2-3-8-18(17)24-16-6-4-5-15(20)10-16/h2-8,10,13-14H,9,11-12,21H2,1H3. The van der Waals surface area contributed by atoms with Crippen LogP contribution in [0, 0.1) is 5.92 Å². The molecule has 2 atom stereocenters. The van der Waals surface area contributed by atoms with E-state index in [-0.39, 0.29) is 11.9 Å². The summed E-state index contributed by atoms with van der Waals surface area (Å²) in [5.41, 5.74) is 6.36. The minimum absolute atomic E-state index is 0.00375. The van der Waals surface area contributed by atoms with Crippen molar-refractivity contribution in [1.29, 1.82) is 0 Å². The molecule has 1 fully saturated rings. The van der Waals surface area contributed by atoms with E-state index in [9.17, 15) is 4.79 Å². The number of benzene rings is 2. The minimum atomic E-state index is 0.00375. The number of nitrogens with zero attached hydrogens (tertiary/aromatic N) is 1. The van der Waals surface area contributed by atoms with Gasteiger partial charge in [-0.05, 0) is 56.1 Å². The quantitative estimate of drug-likeness (QED) is 0.859. The average Bonchev–Trinajstić information content (AvgIpc) is 2.96. The van der Waals surface area contributed by atoms with Crippen molar-refractivity contribution in [3.05, 3.63) is 58.6 Å². The van der Waals surface area contributed by atoms with Crippen molar-refractivity contribution in [1.82, 2.24) is 4.90 Å². The maximum absolute atomic E-state index is 13.0. The Morgan fingerprint density at radius 3 is 2.79 bits per heavy atom. The van der Waals surface area contributed by atoms with Gasteiger partial charge in [0, 0.05) is 17.1 Å². The van der Waals surface area contributed by atoms with Gasteiger partial charge in [-0.2, -0.15) is 0 Å². The fraction of sp³-hybridized carbons (Fsp3) is 0.316. The highest BCUT2D eigenvalue weighted by Crippen LogP contribution is 2.30. The van der Waals surface area contributed by atoms with Crippen LogP contribution in [0.3, 0.4) is 0 Å². The molecule has 126 valence electrons. The van der Waals surface area contributed by atoms with Gasteiger partial charge in [-0.3, -0.25) is 4.79 Å². The summed E-state index contributed by atoms with van der Waals surface area (Å²) in [6.07, 6.45) is 0.955. The van der Waals surface area contributed by atoms with Crippen LogP contribution in [0.1, 0.15) is 23.7 Å². The van der Waals surface area contributed by atoms with E-state index in [4.69, 9.17) is 10.5 Å². The van der Waals surface area contributed by atoms with Crippen LogP contribution >= 0.6 is 15.9 Å². The van der Waals surface area contributed by atoms with Gasteiger partial charge in [0.25, 0.3) is 5.91 Å². The monoisotopic (exact) mass is 388 g/mol. The van der Waals surface area contributed by atoms with E-state index in [1.165, 1.54) is 0 Å². The van der Waals surface area contributed by atoms with E-state index in [0.717, 1.165) is 10.9 Å². The van der Waals surface area contributed by atoms with Gasteiger partial charge in [0.05, 0.1) is 5.56 Å². The van der Waals surface area contributed by atoms with E-state index in [1.807, 2.05) is 53.4 Å². The van der Waals surface area contributed by atoms with Gasteiger partial charge in [-0.25, -0.2) is 0 Å². The maximum atomic E-state index is 13.0. The van der Waals surface area contributed by atoms with Crippen LogP contribution in [0.2, 0.25) is 0 Å². The van der Waals surface area contributed by atoms with Crippen molar-refractivity contribution >= 4 is 21.8 Å². The summed E-state index contributed by atoms with van der Waals surface area (Å²) < 4.78 is 6.89. The predicted octanol–water partition coefficient (Wildman–Crippen LogP) is 4.05. The second-order valence-corrected chi connectivity index (χ2v) is 7.12. The molecule has 2 N–H and O–H groups in total. The zero-order chi connectivity index (χ0) is 17.1. The summed E-state index contributed by atoms with van der Waals surface area (Å²) in [7, 11) is 0. The number of likely N-dealkylation sites (tertiary alicyclic amines) is 1. The molecule has 0 saturated carbocycles. The van der Waals surface area contributed by atoms with Gasteiger partial charge < -0.3 is 15.4 Å². The Morgan fingerprint density at radius 1 is 1.29 bits per heavy atom. The fourth-order valence-electron chi connectivity index (χ4n) is 3.14. The zero-order valence-corrected chi connectivity index (χ0v) is 15.2. The summed E-state index contributed by atoms with van der Waals surface area (Å²) in [4.78, 5) is 14.9. The Hall–Kier alpha value is -1.85. The number of carbonyl (C=O) groups excluding carboxylic acids is 1. The molecule has 1 heterocycles. The zero-order valence-electron chi connectivity index (χ0n) is 13.6. The summed E-state index contributed by atoms with van der Waals surface area (Å²) in [5.74, 6) is 1.65. The molecular formula is C19H21BrN2O2. The van der Waals surface area contributed by atoms with Crippen LogP contribution < -0.4 is 10.5 Å².